The Bertz CT molecular complexity index is 50.9. The van der Waals surface area contributed by atoms with E-state index in [9.17, 15) is 4.79 Å². The molecule has 0 bridgehead atoms. The van der Waals surface area contributed by atoms with Gasteiger partial charge >= 0.3 is 5.97 Å². The molecule has 0 rings (SSSR count). The van der Waals surface area contributed by atoms with Gasteiger partial charge in [0.15, 0.2) is 0 Å². The number of hydrogen-bond donors (Lipinski definition) is 1. The Hall–Kier alpha value is -0.350. The van der Waals surface area contributed by atoms with Crippen LogP contribution in [0, 0.1) is 0 Å². The van der Waals surface area contributed by atoms with Gasteiger partial charge in [-0.1, -0.05) is 0 Å². The second-order valence-corrected chi connectivity index (χ2v) is 0.864. The van der Waals surface area contributed by atoms with Crippen molar-refractivity contribution in [2.24, 2.45) is 0 Å². The van der Waals surface area contributed by atoms with Crippen molar-refractivity contribution in [3.63, 3.8) is 0 Å². The van der Waals surface area contributed by atoms with Crippen LogP contribution in [0.1, 0.15) is 0 Å². The van der Waals surface area contributed by atoms with E-state index < -0.39 is 5.97 Å². The van der Waals surface area contributed by atoms with Gasteiger partial charge in [-0.3, -0.25) is 9.59 Å². The molecule has 0 aromatic heterocycles. The van der Waals surface area contributed by atoms with Crippen LogP contribution < -0.4 is 0 Å². The molecule has 0 aromatic carbocycles. The number of alkyl halides is 1. The maximum Gasteiger partial charge on any atom is 0.356 e. The lowest BCUT2D eigenvalue weighted by atomic mass is 10.8. The largest absolute Gasteiger partial charge is 0.356 e. The van der Waals surface area contributed by atoms with Crippen LogP contribution in [-0.4, -0.2) is 17.1 Å². The first-order chi connectivity index (χ1) is 2.81. The van der Waals surface area contributed by atoms with Crippen molar-refractivity contribution in [1.82, 2.24) is 0 Å². The van der Waals surface area contributed by atoms with E-state index in [4.69, 9.17) is 16.9 Å². The highest BCUT2D eigenvalue weighted by Gasteiger charge is 1.92. The second-order valence-electron chi connectivity index (χ2n) is 0.597. The molecule has 0 atom stereocenters. The van der Waals surface area contributed by atoms with Gasteiger partial charge in [-0.25, -0.2) is 4.79 Å². The van der Waals surface area contributed by atoms with E-state index in [1.165, 1.54) is 0 Å². The first-order valence-corrected chi connectivity index (χ1v) is 1.75. The molecule has 0 radical (unpaired) electrons. The molecule has 0 aliphatic rings. The minimum Gasteiger partial charge on any atom is -0.300 e. The van der Waals surface area contributed by atoms with Crippen LogP contribution in [0.2, 0.25) is 0 Å². The molecule has 0 unspecified atom stereocenters. The van der Waals surface area contributed by atoms with E-state index >= 15 is 0 Å². The predicted octanol–water partition coefficient (Wildman–Crippen LogP) is 0.394. The SMILES string of the molecule is F.O=C(CCl)OO. The van der Waals surface area contributed by atoms with Crippen molar-refractivity contribution in [1.29, 1.82) is 0 Å². The van der Waals surface area contributed by atoms with Gasteiger partial charge in [0, 0.05) is 0 Å². The van der Waals surface area contributed by atoms with E-state index in [1.807, 2.05) is 0 Å². The molecule has 0 aliphatic carbocycles. The molecule has 0 amide bonds. The summed E-state index contributed by atoms with van der Waals surface area (Å²) in [7, 11) is 0. The first-order valence-electron chi connectivity index (χ1n) is 1.21. The number of carbonyl (C=O) groups excluding carboxylic acids is 1. The van der Waals surface area contributed by atoms with Gasteiger partial charge in [-0.15, -0.1) is 11.6 Å². The van der Waals surface area contributed by atoms with E-state index in [2.05, 4.69) is 4.89 Å². The number of hydrogen-bond acceptors (Lipinski definition) is 3. The Morgan fingerprint density at radius 3 is 2.29 bits per heavy atom. The minimum absolute atomic E-state index is 0. The molecule has 0 aliphatic heterocycles. The van der Waals surface area contributed by atoms with Crippen LogP contribution in [0.4, 0.5) is 4.70 Å². The average molecular weight is 131 g/mol. The summed E-state index contributed by atoms with van der Waals surface area (Å²) in [6.07, 6.45) is 0. The zero-order valence-corrected chi connectivity index (χ0v) is 4.01. The monoisotopic (exact) mass is 130 g/mol. The summed E-state index contributed by atoms with van der Waals surface area (Å²) in [6.45, 7) is 0. The van der Waals surface area contributed by atoms with Crippen LogP contribution in [0.3, 0.4) is 0 Å². The van der Waals surface area contributed by atoms with Crippen LogP contribution >= 0.6 is 11.6 Å². The quantitative estimate of drug-likeness (QED) is 0.317. The summed E-state index contributed by atoms with van der Waals surface area (Å²) in [6, 6.07) is 0. The third-order valence-corrected chi connectivity index (χ3v) is 0.429. The highest BCUT2D eigenvalue weighted by atomic mass is 35.5. The van der Waals surface area contributed by atoms with Gasteiger partial charge < -0.3 is 0 Å². The zero-order chi connectivity index (χ0) is 4.99. The van der Waals surface area contributed by atoms with Gasteiger partial charge in [0.1, 0.15) is 5.88 Å². The lowest BCUT2D eigenvalue weighted by Gasteiger charge is -1.82. The molecule has 0 heterocycles. The molecule has 0 aromatic rings. The maximum atomic E-state index is 9.58. The molecular formula is C2H4ClFO3. The highest BCUT2D eigenvalue weighted by molar-refractivity contribution is 6.26. The first kappa shape index (κ1) is 9.82. The van der Waals surface area contributed by atoms with Crippen molar-refractivity contribution in [3.05, 3.63) is 0 Å². The summed E-state index contributed by atoms with van der Waals surface area (Å²) < 4.78 is 0. The van der Waals surface area contributed by atoms with E-state index in [1.54, 1.807) is 0 Å². The molecular weight excluding hydrogens is 126 g/mol. The summed E-state index contributed by atoms with van der Waals surface area (Å²) in [5, 5.41) is 7.40. The smallest absolute Gasteiger partial charge is 0.300 e. The van der Waals surface area contributed by atoms with E-state index in [-0.39, 0.29) is 10.6 Å². The summed E-state index contributed by atoms with van der Waals surface area (Å²) in [5.74, 6) is -1.15. The Balaban J connectivity index is 0. The summed E-state index contributed by atoms with van der Waals surface area (Å²) >= 11 is 4.82. The van der Waals surface area contributed by atoms with Crippen molar-refractivity contribution in [2.45, 2.75) is 0 Å². The minimum atomic E-state index is -0.836. The predicted molar refractivity (Wildman–Crippen MR) is 21.9 cm³/mol. The van der Waals surface area contributed by atoms with Crippen molar-refractivity contribution in [3.8, 4) is 0 Å². The van der Waals surface area contributed by atoms with Crippen molar-refractivity contribution < 1.29 is 19.6 Å². The van der Waals surface area contributed by atoms with Crippen molar-refractivity contribution in [2.75, 3.05) is 5.88 Å². The fourth-order valence-electron chi connectivity index (χ4n) is 0.0244. The van der Waals surface area contributed by atoms with E-state index in [0.717, 1.165) is 0 Å². The third-order valence-electron chi connectivity index (χ3n) is 0.211. The Kier molecular flexibility index (Phi) is 7.92. The van der Waals surface area contributed by atoms with Crippen LogP contribution in [-0.2, 0) is 9.68 Å². The Morgan fingerprint density at radius 1 is 1.86 bits per heavy atom. The fourth-order valence-corrected chi connectivity index (χ4v) is 0.0732. The molecule has 44 valence electrons. The van der Waals surface area contributed by atoms with Gasteiger partial charge in [0.25, 0.3) is 0 Å². The molecule has 0 saturated heterocycles. The van der Waals surface area contributed by atoms with Crippen LogP contribution in [0.25, 0.3) is 0 Å². The number of carbonyl (C=O) groups is 1. The zero-order valence-electron chi connectivity index (χ0n) is 3.26. The molecule has 1 N–H and O–H groups in total. The third kappa shape index (κ3) is 5.65. The van der Waals surface area contributed by atoms with Crippen molar-refractivity contribution >= 4 is 17.6 Å². The maximum absolute atomic E-state index is 9.58. The number of rotatable bonds is 1. The fraction of sp³-hybridized carbons (Fsp3) is 0.500. The summed E-state index contributed by atoms with van der Waals surface area (Å²) in [4.78, 5) is 12.7. The highest BCUT2D eigenvalue weighted by Crippen LogP contribution is 1.75. The molecule has 3 nitrogen and oxygen atoms in total. The van der Waals surface area contributed by atoms with Crippen LogP contribution in [0.15, 0.2) is 0 Å². The summed E-state index contributed by atoms with van der Waals surface area (Å²) in [5.41, 5.74) is 0. The van der Waals surface area contributed by atoms with Gasteiger partial charge in [0.2, 0.25) is 0 Å². The topological polar surface area (TPSA) is 46.5 Å². The Morgan fingerprint density at radius 2 is 2.29 bits per heavy atom. The molecule has 0 spiro atoms. The van der Waals surface area contributed by atoms with Gasteiger partial charge in [0.05, 0.1) is 0 Å². The standard InChI is InChI=1S/C2H3ClO3.FH/c3-1-2(4)6-5;/h5H,1H2;1H. The van der Waals surface area contributed by atoms with Gasteiger partial charge in [-0.2, -0.15) is 5.26 Å². The van der Waals surface area contributed by atoms with E-state index in [0.29, 0.717) is 0 Å². The molecule has 0 fully saturated rings. The molecule has 5 heteroatoms. The van der Waals surface area contributed by atoms with Gasteiger partial charge in [-0.05, 0) is 0 Å². The second kappa shape index (κ2) is 5.65. The average Bonchev–Trinajstić information content (AvgIpc) is 1.65. The lowest BCUT2D eigenvalue weighted by molar-refractivity contribution is -0.231. The molecule has 0 saturated carbocycles. The van der Waals surface area contributed by atoms with Crippen LogP contribution in [0.5, 0.6) is 0 Å². The molecule has 7 heavy (non-hydrogen) atoms. The normalized spacial score (nSPS) is 6.57. The lowest BCUT2D eigenvalue weighted by Crippen LogP contribution is -2.00. The number of halogens is 2. The Labute approximate surface area is 44.1 Å².